The fourth-order valence-electron chi connectivity index (χ4n) is 1.64. The van der Waals surface area contributed by atoms with Crippen LogP contribution in [0.2, 0.25) is 0 Å². The molecule has 0 saturated heterocycles. The Kier molecular flexibility index (Phi) is 3.86. The first kappa shape index (κ1) is 12.0. The zero-order chi connectivity index (χ0) is 12.8. The summed E-state index contributed by atoms with van der Waals surface area (Å²) in [4.78, 5) is 16.3. The van der Waals surface area contributed by atoms with E-state index in [1.807, 2.05) is 55.5 Å². The zero-order valence-corrected chi connectivity index (χ0v) is 10.1. The highest BCUT2D eigenvalue weighted by molar-refractivity contribution is 6.07. The van der Waals surface area contributed by atoms with Gasteiger partial charge in [0, 0.05) is 11.9 Å². The zero-order valence-electron chi connectivity index (χ0n) is 10.1. The molecular formula is C15H14N2O. The summed E-state index contributed by atoms with van der Waals surface area (Å²) in [5.74, 6) is -0.151. The first-order chi connectivity index (χ1) is 8.81. The second-order valence-electron chi connectivity index (χ2n) is 3.72. The third-order valence-corrected chi connectivity index (χ3v) is 2.45. The number of hydrogen-bond donors (Lipinski definition) is 1. The molecule has 0 bridgehead atoms. The Bertz CT molecular complexity index is 562. The predicted octanol–water partition coefficient (Wildman–Crippen LogP) is 3.66. The lowest BCUT2D eigenvalue weighted by atomic mass is 10.1. The molecule has 1 amide bonds. The minimum atomic E-state index is -0.151. The summed E-state index contributed by atoms with van der Waals surface area (Å²) in [6.07, 6.45) is 1.68. The van der Waals surface area contributed by atoms with Gasteiger partial charge in [-0.2, -0.15) is 0 Å². The highest BCUT2D eigenvalue weighted by atomic mass is 16.1. The van der Waals surface area contributed by atoms with Gasteiger partial charge in [0.2, 0.25) is 0 Å². The molecule has 18 heavy (non-hydrogen) atoms. The van der Waals surface area contributed by atoms with E-state index in [4.69, 9.17) is 0 Å². The van der Waals surface area contributed by atoms with Crippen molar-refractivity contribution >= 4 is 23.5 Å². The van der Waals surface area contributed by atoms with Gasteiger partial charge in [0.1, 0.15) is 0 Å². The highest BCUT2D eigenvalue weighted by Crippen LogP contribution is 2.19. The van der Waals surface area contributed by atoms with Crippen LogP contribution >= 0.6 is 0 Å². The van der Waals surface area contributed by atoms with Gasteiger partial charge in [-0.25, -0.2) is 0 Å². The van der Waals surface area contributed by atoms with Crippen molar-refractivity contribution in [2.75, 3.05) is 5.32 Å². The van der Waals surface area contributed by atoms with Gasteiger partial charge in [-0.1, -0.05) is 30.3 Å². The average molecular weight is 238 g/mol. The van der Waals surface area contributed by atoms with Crippen LogP contribution in [0.25, 0.3) is 0 Å². The Morgan fingerprint density at radius 1 is 1.06 bits per heavy atom. The lowest BCUT2D eigenvalue weighted by molar-refractivity contribution is 0.102. The number of nitrogens with zero attached hydrogens (tertiary/aromatic N) is 1. The summed E-state index contributed by atoms with van der Waals surface area (Å²) >= 11 is 0. The predicted molar refractivity (Wildman–Crippen MR) is 74.7 cm³/mol. The van der Waals surface area contributed by atoms with E-state index in [1.165, 1.54) is 0 Å². The first-order valence-corrected chi connectivity index (χ1v) is 5.75. The number of benzene rings is 2. The number of carbonyl (C=O) groups is 1. The standard InChI is InChI=1S/C15H14N2O/c1-2-16-14-11-7-6-10-13(14)15(18)17-12-8-4-3-5-9-12/h2-11H,1H3,(H,17,18). The van der Waals surface area contributed by atoms with Crippen LogP contribution in [-0.2, 0) is 0 Å². The molecule has 90 valence electrons. The summed E-state index contributed by atoms with van der Waals surface area (Å²) in [6, 6.07) is 16.6. The normalized spacial score (nSPS) is 10.5. The molecule has 0 heterocycles. The highest BCUT2D eigenvalue weighted by Gasteiger charge is 2.09. The number of amides is 1. The van der Waals surface area contributed by atoms with Gasteiger partial charge in [0.05, 0.1) is 11.3 Å². The van der Waals surface area contributed by atoms with Gasteiger partial charge in [-0.3, -0.25) is 9.79 Å². The van der Waals surface area contributed by atoms with Gasteiger partial charge in [0.15, 0.2) is 0 Å². The van der Waals surface area contributed by atoms with E-state index in [0.29, 0.717) is 11.3 Å². The van der Waals surface area contributed by atoms with Gasteiger partial charge >= 0.3 is 0 Å². The molecular weight excluding hydrogens is 224 g/mol. The van der Waals surface area contributed by atoms with Crippen molar-refractivity contribution in [2.45, 2.75) is 6.92 Å². The van der Waals surface area contributed by atoms with Crippen molar-refractivity contribution in [1.82, 2.24) is 0 Å². The van der Waals surface area contributed by atoms with Crippen LogP contribution in [0.1, 0.15) is 17.3 Å². The topological polar surface area (TPSA) is 41.5 Å². The number of anilines is 1. The number of aliphatic imine (C=N–C) groups is 1. The Balaban J connectivity index is 2.24. The van der Waals surface area contributed by atoms with Crippen LogP contribution in [0.3, 0.4) is 0 Å². The third-order valence-electron chi connectivity index (χ3n) is 2.45. The molecule has 1 N–H and O–H groups in total. The Labute approximate surface area is 106 Å². The van der Waals surface area contributed by atoms with Crippen LogP contribution in [0, 0.1) is 0 Å². The minimum Gasteiger partial charge on any atom is -0.322 e. The van der Waals surface area contributed by atoms with Crippen molar-refractivity contribution in [1.29, 1.82) is 0 Å². The van der Waals surface area contributed by atoms with Crippen molar-refractivity contribution < 1.29 is 4.79 Å². The lowest BCUT2D eigenvalue weighted by Gasteiger charge is -2.07. The van der Waals surface area contributed by atoms with Gasteiger partial charge in [-0.15, -0.1) is 0 Å². The number of rotatable bonds is 3. The van der Waals surface area contributed by atoms with E-state index in [9.17, 15) is 4.79 Å². The van der Waals surface area contributed by atoms with Crippen LogP contribution in [-0.4, -0.2) is 12.1 Å². The van der Waals surface area contributed by atoms with E-state index < -0.39 is 0 Å². The molecule has 0 radical (unpaired) electrons. The number of nitrogens with one attached hydrogen (secondary N) is 1. The van der Waals surface area contributed by atoms with E-state index in [-0.39, 0.29) is 5.91 Å². The second kappa shape index (κ2) is 5.77. The molecule has 0 aliphatic rings. The Morgan fingerprint density at radius 2 is 1.72 bits per heavy atom. The maximum absolute atomic E-state index is 12.1. The molecule has 0 saturated carbocycles. The van der Waals surface area contributed by atoms with E-state index >= 15 is 0 Å². The van der Waals surface area contributed by atoms with Crippen LogP contribution < -0.4 is 5.32 Å². The first-order valence-electron chi connectivity index (χ1n) is 5.75. The molecule has 0 fully saturated rings. The summed E-state index contributed by atoms with van der Waals surface area (Å²) in [6.45, 7) is 1.83. The average Bonchev–Trinajstić information content (AvgIpc) is 2.41. The Morgan fingerprint density at radius 3 is 2.44 bits per heavy atom. The Hall–Kier alpha value is -2.42. The van der Waals surface area contributed by atoms with Gasteiger partial charge in [0.25, 0.3) is 5.91 Å². The van der Waals surface area contributed by atoms with E-state index in [0.717, 1.165) is 5.69 Å². The van der Waals surface area contributed by atoms with Crippen molar-refractivity contribution in [3.63, 3.8) is 0 Å². The summed E-state index contributed by atoms with van der Waals surface area (Å²) in [5, 5.41) is 2.84. The van der Waals surface area contributed by atoms with Crippen molar-refractivity contribution in [3.8, 4) is 0 Å². The van der Waals surface area contributed by atoms with E-state index in [2.05, 4.69) is 10.3 Å². The molecule has 0 atom stereocenters. The van der Waals surface area contributed by atoms with Crippen LogP contribution in [0.5, 0.6) is 0 Å². The molecule has 0 unspecified atom stereocenters. The fourth-order valence-corrected chi connectivity index (χ4v) is 1.64. The SMILES string of the molecule is CC=Nc1ccccc1C(=O)Nc1ccccc1. The monoisotopic (exact) mass is 238 g/mol. The lowest BCUT2D eigenvalue weighted by Crippen LogP contribution is -2.11. The molecule has 2 aromatic carbocycles. The van der Waals surface area contributed by atoms with Crippen molar-refractivity contribution in [3.05, 3.63) is 60.2 Å². The molecule has 3 nitrogen and oxygen atoms in total. The largest absolute Gasteiger partial charge is 0.322 e. The fraction of sp³-hybridized carbons (Fsp3) is 0.0667. The van der Waals surface area contributed by atoms with Crippen LogP contribution in [0.15, 0.2) is 59.6 Å². The molecule has 3 heteroatoms. The second-order valence-corrected chi connectivity index (χ2v) is 3.72. The molecule has 0 aliphatic heterocycles. The summed E-state index contributed by atoms with van der Waals surface area (Å²) < 4.78 is 0. The maximum atomic E-state index is 12.1. The molecule has 0 aliphatic carbocycles. The number of hydrogen-bond acceptors (Lipinski definition) is 2. The summed E-state index contributed by atoms with van der Waals surface area (Å²) in [7, 11) is 0. The quantitative estimate of drug-likeness (QED) is 0.814. The number of carbonyl (C=O) groups excluding carboxylic acids is 1. The van der Waals surface area contributed by atoms with Gasteiger partial charge < -0.3 is 5.32 Å². The molecule has 0 spiro atoms. The molecule has 0 aromatic heterocycles. The van der Waals surface area contributed by atoms with Gasteiger partial charge in [-0.05, 0) is 31.2 Å². The van der Waals surface area contributed by atoms with Crippen molar-refractivity contribution in [2.24, 2.45) is 4.99 Å². The molecule has 2 aromatic rings. The third kappa shape index (κ3) is 2.83. The molecule has 2 rings (SSSR count). The minimum absolute atomic E-state index is 0.151. The smallest absolute Gasteiger partial charge is 0.257 e. The van der Waals surface area contributed by atoms with E-state index in [1.54, 1.807) is 12.3 Å². The maximum Gasteiger partial charge on any atom is 0.257 e. The van der Waals surface area contributed by atoms with Crippen LogP contribution in [0.4, 0.5) is 11.4 Å². The summed E-state index contributed by atoms with van der Waals surface area (Å²) in [5.41, 5.74) is 2.02. The number of para-hydroxylation sites is 2.